The highest BCUT2D eigenvalue weighted by Gasteiger charge is 2.42. The van der Waals surface area contributed by atoms with Gasteiger partial charge in [0.2, 0.25) is 0 Å². The fraction of sp³-hybridized carbons (Fsp3) is 0.875. The van der Waals surface area contributed by atoms with Crippen LogP contribution in [0, 0.1) is 5.92 Å². The van der Waals surface area contributed by atoms with Crippen molar-refractivity contribution in [2.24, 2.45) is 5.92 Å². The number of hydrogen-bond acceptors (Lipinski definition) is 3. The van der Waals surface area contributed by atoms with Crippen LogP contribution in [0.1, 0.15) is 58.8 Å². The monoisotopic (exact) mass is 268 g/mol. The van der Waals surface area contributed by atoms with Crippen LogP contribution in [0.4, 0.5) is 0 Å². The fourth-order valence-electron chi connectivity index (χ4n) is 3.39. The summed E-state index contributed by atoms with van der Waals surface area (Å²) in [6.45, 7) is 7.55. The van der Waals surface area contributed by atoms with Crippen molar-refractivity contribution in [2.75, 3.05) is 0 Å². The van der Waals surface area contributed by atoms with Crippen molar-refractivity contribution in [3.63, 3.8) is 0 Å². The van der Waals surface area contributed by atoms with Gasteiger partial charge >= 0.3 is 0 Å². The quantitative estimate of drug-likeness (QED) is 0.777. The Morgan fingerprint density at radius 1 is 1.21 bits per heavy atom. The van der Waals surface area contributed by atoms with Gasteiger partial charge in [0.05, 0.1) is 18.3 Å². The molecule has 1 N–H and O–H groups in total. The smallest absolute Gasteiger partial charge is 0.163 e. The van der Waals surface area contributed by atoms with Gasteiger partial charge in [0.25, 0.3) is 0 Å². The first-order valence-corrected chi connectivity index (χ1v) is 7.66. The van der Waals surface area contributed by atoms with Crippen LogP contribution in [0.25, 0.3) is 0 Å². The zero-order valence-electron chi connectivity index (χ0n) is 12.3. The van der Waals surface area contributed by atoms with Crippen LogP contribution in [-0.2, 0) is 9.47 Å². The minimum atomic E-state index is -0.523. The van der Waals surface area contributed by atoms with Crippen LogP contribution in [0.3, 0.4) is 0 Å². The molecule has 0 aromatic rings. The highest BCUT2D eigenvalue weighted by atomic mass is 16.7. The molecule has 3 atom stereocenters. The van der Waals surface area contributed by atoms with Gasteiger partial charge in [-0.3, -0.25) is 0 Å². The molecule has 0 aromatic carbocycles. The summed E-state index contributed by atoms with van der Waals surface area (Å²) in [7, 11) is 0. The summed E-state index contributed by atoms with van der Waals surface area (Å²) < 4.78 is 12.0. The minimum absolute atomic E-state index is 0.00933. The highest BCUT2D eigenvalue weighted by Crippen LogP contribution is 2.37. The van der Waals surface area contributed by atoms with Crippen LogP contribution < -0.4 is 0 Å². The first-order chi connectivity index (χ1) is 9.00. The predicted octanol–water partition coefficient (Wildman–Crippen LogP) is 3.41. The Morgan fingerprint density at radius 3 is 2.47 bits per heavy atom. The molecular formula is C16H28O3. The molecule has 0 radical (unpaired) electrons. The van der Waals surface area contributed by atoms with E-state index in [1.54, 1.807) is 6.08 Å². The van der Waals surface area contributed by atoms with Crippen LogP contribution >= 0.6 is 0 Å². The second-order valence-corrected chi connectivity index (χ2v) is 6.49. The molecule has 0 unspecified atom stereocenters. The Balaban J connectivity index is 1.92. The summed E-state index contributed by atoms with van der Waals surface area (Å²) in [4.78, 5) is 0. The second-order valence-electron chi connectivity index (χ2n) is 6.49. The number of aliphatic hydroxyl groups excluding tert-OH is 1. The Bertz CT molecular complexity index is 294. The molecule has 1 saturated heterocycles. The second kappa shape index (κ2) is 6.38. The van der Waals surface area contributed by atoms with Crippen LogP contribution in [0.5, 0.6) is 0 Å². The topological polar surface area (TPSA) is 38.7 Å². The third kappa shape index (κ3) is 4.30. The maximum Gasteiger partial charge on any atom is 0.163 e. The molecule has 3 nitrogen and oxygen atoms in total. The van der Waals surface area contributed by atoms with E-state index in [1.807, 2.05) is 13.8 Å². The molecule has 3 heteroatoms. The van der Waals surface area contributed by atoms with Crippen LogP contribution in [-0.4, -0.2) is 29.2 Å². The number of ether oxygens (including phenoxy) is 2. The van der Waals surface area contributed by atoms with Gasteiger partial charge in [-0.1, -0.05) is 38.2 Å². The third-order valence-corrected chi connectivity index (χ3v) is 4.32. The first-order valence-electron chi connectivity index (χ1n) is 7.66. The summed E-state index contributed by atoms with van der Waals surface area (Å²) >= 11 is 0. The summed E-state index contributed by atoms with van der Waals surface area (Å²) in [6.07, 6.45) is 9.54. The summed E-state index contributed by atoms with van der Waals surface area (Å²) in [5.41, 5.74) is 0. The Morgan fingerprint density at radius 2 is 1.84 bits per heavy atom. The number of aliphatic hydroxyl groups is 1. The van der Waals surface area contributed by atoms with Crippen molar-refractivity contribution in [3.05, 3.63) is 12.7 Å². The Kier molecular flexibility index (Phi) is 5.04. The van der Waals surface area contributed by atoms with Crippen molar-refractivity contribution >= 4 is 0 Å². The molecule has 19 heavy (non-hydrogen) atoms. The fourth-order valence-corrected chi connectivity index (χ4v) is 3.39. The summed E-state index contributed by atoms with van der Waals surface area (Å²) in [6, 6.07) is 0. The van der Waals surface area contributed by atoms with Crippen LogP contribution in [0.2, 0.25) is 0 Å². The lowest BCUT2D eigenvalue weighted by Crippen LogP contribution is -2.29. The van der Waals surface area contributed by atoms with Gasteiger partial charge < -0.3 is 14.6 Å². The van der Waals surface area contributed by atoms with E-state index < -0.39 is 11.9 Å². The zero-order valence-corrected chi connectivity index (χ0v) is 12.3. The lowest BCUT2D eigenvalue weighted by molar-refractivity contribution is -0.149. The average molecular weight is 268 g/mol. The third-order valence-electron chi connectivity index (χ3n) is 4.32. The molecule has 1 heterocycles. The van der Waals surface area contributed by atoms with E-state index >= 15 is 0 Å². The maximum absolute atomic E-state index is 9.76. The first kappa shape index (κ1) is 15.0. The van der Waals surface area contributed by atoms with E-state index in [1.165, 1.54) is 32.1 Å². The SMILES string of the molecule is C=C[C@@H](O)C[C@H]1OC(C)(C)O[C@@H]1CC1CCCCC1. The van der Waals surface area contributed by atoms with Crippen molar-refractivity contribution < 1.29 is 14.6 Å². The van der Waals surface area contributed by atoms with E-state index in [0.717, 1.165) is 12.3 Å². The molecule has 1 aliphatic heterocycles. The van der Waals surface area contributed by atoms with Crippen molar-refractivity contribution in [2.45, 2.75) is 82.9 Å². The summed E-state index contributed by atoms with van der Waals surface area (Å²) in [5, 5.41) is 9.76. The van der Waals surface area contributed by atoms with Gasteiger partial charge in [0.1, 0.15) is 0 Å². The lowest BCUT2D eigenvalue weighted by Gasteiger charge is -2.26. The molecule has 1 saturated carbocycles. The van der Waals surface area contributed by atoms with Gasteiger partial charge in [-0.25, -0.2) is 0 Å². The van der Waals surface area contributed by atoms with Gasteiger partial charge in [0.15, 0.2) is 5.79 Å². The number of rotatable bonds is 5. The molecule has 1 aliphatic carbocycles. The molecule has 2 rings (SSSR count). The van der Waals surface area contributed by atoms with Crippen molar-refractivity contribution in [1.82, 2.24) is 0 Å². The molecule has 0 amide bonds. The van der Waals surface area contributed by atoms with Crippen molar-refractivity contribution in [3.8, 4) is 0 Å². The molecule has 2 fully saturated rings. The predicted molar refractivity (Wildman–Crippen MR) is 75.8 cm³/mol. The van der Waals surface area contributed by atoms with E-state index in [0.29, 0.717) is 6.42 Å². The normalized spacial score (nSPS) is 33.2. The Hall–Kier alpha value is -0.380. The highest BCUT2D eigenvalue weighted by molar-refractivity contribution is 4.89. The number of hydrogen-bond donors (Lipinski definition) is 1. The molecule has 0 bridgehead atoms. The molecular weight excluding hydrogens is 240 g/mol. The van der Waals surface area contributed by atoms with E-state index in [4.69, 9.17) is 9.47 Å². The standard InChI is InChI=1S/C16H28O3/c1-4-13(17)11-15-14(18-16(2,3)19-15)10-12-8-6-5-7-9-12/h4,12-15,17H,1,5-11H2,2-3H3/t13-,14-,15-/m1/s1. The average Bonchev–Trinajstić information content (AvgIpc) is 2.64. The van der Waals surface area contributed by atoms with Crippen LogP contribution in [0.15, 0.2) is 12.7 Å². The van der Waals surface area contributed by atoms with Gasteiger partial charge in [0, 0.05) is 6.42 Å². The van der Waals surface area contributed by atoms with Gasteiger partial charge in [-0.05, 0) is 26.2 Å². The summed E-state index contributed by atoms with van der Waals surface area (Å²) in [5.74, 6) is 0.241. The largest absolute Gasteiger partial charge is 0.389 e. The van der Waals surface area contributed by atoms with E-state index in [9.17, 15) is 5.11 Å². The zero-order chi connectivity index (χ0) is 13.9. The molecule has 0 aromatic heterocycles. The molecule has 2 aliphatic rings. The molecule has 0 spiro atoms. The van der Waals surface area contributed by atoms with Gasteiger partial charge in [-0.2, -0.15) is 0 Å². The van der Waals surface area contributed by atoms with Gasteiger partial charge in [-0.15, -0.1) is 6.58 Å². The Labute approximate surface area is 117 Å². The lowest BCUT2D eigenvalue weighted by atomic mass is 9.84. The van der Waals surface area contributed by atoms with E-state index in [2.05, 4.69) is 6.58 Å². The van der Waals surface area contributed by atoms with Crippen molar-refractivity contribution in [1.29, 1.82) is 0 Å². The maximum atomic E-state index is 9.76. The van der Waals surface area contributed by atoms with E-state index in [-0.39, 0.29) is 12.2 Å². The minimum Gasteiger partial charge on any atom is -0.389 e. The molecule has 110 valence electrons.